The lowest BCUT2D eigenvalue weighted by molar-refractivity contribution is -0.384. The predicted molar refractivity (Wildman–Crippen MR) is 103 cm³/mol. The lowest BCUT2D eigenvalue weighted by Gasteiger charge is -2.30. The number of imidazole rings is 1. The van der Waals surface area contributed by atoms with Crippen LogP contribution >= 0.6 is 0 Å². The average molecular weight is 381 g/mol. The molecule has 2 aromatic carbocycles. The summed E-state index contributed by atoms with van der Waals surface area (Å²) < 4.78 is 5.35. The number of hydrogen-bond acceptors (Lipinski definition) is 6. The van der Waals surface area contributed by atoms with E-state index in [1.54, 1.807) is 6.07 Å². The number of benzene rings is 2. The van der Waals surface area contributed by atoms with Gasteiger partial charge in [0.15, 0.2) is 0 Å². The monoisotopic (exact) mass is 381 g/mol. The highest BCUT2D eigenvalue weighted by atomic mass is 16.6. The zero-order chi connectivity index (χ0) is 19.5. The molecule has 0 spiro atoms. The van der Waals surface area contributed by atoms with Crippen molar-refractivity contribution in [3.8, 4) is 0 Å². The van der Waals surface area contributed by atoms with Gasteiger partial charge in [-0.2, -0.15) is 0 Å². The van der Waals surface area contributed by atoms with E-state index in [1.165, 1.54) is 12.1 Å². The molecule has 2 N–H and O–H groups in total. The molecule has 1 aliphatic heterocycles. The molecule has 144 valence electrons. The zero-order valence-electron chi connectivity index (χ0n) is 15.1. The number of fused-ring (bicyclic) bond motifs is 1. The van der Waals surface area contributed by atoms with Gasteiger partial charge in [0.1, 0.15) is 5.82 Å². The van der Waals surface area contributed by atoms with E-state index < -0.39 is 4.92 Å². The number of nitro groups is 1. The molecule has 0 saturated carbocycles. The van der Waals surface area contributed by atoms with Crippen molar-refractivity contribution in [1.29, 1.82) is 0 Å². The molecule has 2 heterocycles. The molecule has 1 aliphatic rings. The van der Waals surface area contributed by atoms with E-state index in [0.29, 0.717) is 37.8 Å². The van der Waals surface area contributed by atoms with Crippen molar-refractivity contribution in [3.63, 3.8) is 0 Å². The number of amides is 1. The largest absolute Gasteiger partial charge is 0.378 e. The highest BCUT2D eigenvalue weighted by Crippen LogP contribution is 2.26. The van der Waals surface area contributed by atoms with Crippen LogP contribution in [-0.2, 0) is 11.3 Å². The van der Waals surface area contributed by atoms with Gasteiger partial charge >= 0.3 is 0 Å². The second-order valence-electron chi connectivity index (χ2n) is 6.44. The van der Waals surface area contributed by atoms with Crippen LogP contribution in [0.15, 0.2) is 42.5 Å². The fourth-order valence-corrected chi connectivity index (χ4v) is 3.25. The van der Waals surface area contributed by atoms with Crippen molar-refractivity contribution in [3.05, 3.63) is 64.0 Å². The minimum Gasteiger partial charge on any atom is -0.378 e. The number of rotatable bonds is 5. The smallest absolute Gasteiger partial charge is 0.270 e. The van der Waals surface area contributed by atoms with Gasteiger partial charge in [-0.05, 0) is 18.2 Å². The number of H-pyrrole nitrogens is 1. The van der Waals surface area contributed by atoms with Gasteiger partial charge in [-0.1, -0.05) is 12.1 Å². The Labute approximate surface area is 160 Å². The summed E-state index contributed by atoms with van der Waals surface area (Å²) in [6.07, 6.45) is 0. The number of nitrogens with one attached hydrogen (secondary N) is 2. The molecule has 3 aromatic rings. The number of ether oxygens (including phenoxy) is 1. The number of nitro benzene ring substituents is 1. The fourth-order valence-electron chi connectivity index (χ4n) is 3.25. The molecule has 0 bridgehead atoms. The molecule has 28 heavy (non-hydrogen) atoms. The minimum atomic E-state index is -0.501. The van der Waals surface area contributed by atoms with Gasteiger partial charge in [0.2, 0.25) is 0 Å². The third kappa shape index (κ3) is 3.65. The summed E-state index contributed by atoms with van der Waals surface area (Å²) >= 11 is 0. The first-order valence-electron chi connectivity index (χ1n) is 8.95. The van der Waals surface area contributed by atoms with Gasteiger partial charge in [0.05, 0.1) is 47.0 Å². The van der Waals surface area contributed by atoms with Gasteiger partial charge in [0.25, 0.3) is 11.6 Å². The molecule has 1 aromatic heterocycles. The maximum atomic E-state index is 12.8. The average Bonchev–Trinajstić information content (AvgIpc) is 3.15. The lowest BCUT2D eigenvalue weighted by Crippen LogP contribution is -2.38. The van der Waals surface area contributed by atoms with Crippen LogP contribution in [-0.4, -0.2) is 47.1 Å². The van der Waals surface area contributed by atoms with Crippen molar-refractivity contribution >= 4 is 28.3 Å². The topological polar surface area (TPSA) is 113 Å². The van der Waals surface area contributed by atoms with Crippen LogP contribution < -0.4 is 10.2 Å². The number of aromatic nitrogens is 2. The van der Waals surface area contributed by atoms with Crippen molar-refractivity contribution in [1.82, 2.24) is 15.3 Å². The Hall–Kier alpha value is -3.46. The third-order valence-electron chi connectivity index (χ3n) is 4.64. The number of morpholine rings is 1. The van der Waals surface area contributed by atoms with Crippen LogP contribution in [0.4, 0.5) is 11.4 Å². The van der Waals surface area contributed by atoms with Crippen LogP contribution in [0.25, 0.3) is 11.0 Å². The van der Waals surface area contributed by atoms with Crippen LogP contribution in [0, 0.1) is 10.1 Å². The van der Waals surface area contributed by atoms with Crippen LogP contribution in [0.2, 0.25) is 0 Å². The van der Waals surface area contributed by atoms with E-state index >= 15 is 0 Å². The maximum absolute atomic E-state index is 12.8. The number of aromatic amines is 1. The molecule has 0 unspecified atom stereocenters. The van der Waals surface area contributed by atoms with E-state index in [-0.39, 0.29) is 23.7 Å². The standard InChI is InChI=1S/C19H19N5O4/c25-19(20-12-18-21-15-3-1-2-4-16(15)22-18)14-11-13(24(26)27)5-6-17(14)23-7-9-28-10-8-23/h1-6,11H,7-10,12H2,(H,20,25)(H,21,22). The van der Waals surface area contributed by atoms with Gasteiger partial charge in [0, 0.05) is 25.2 Å². The Morgan fingerprint density at radius 3 is 2.79 bits per heavy atom. The summed E-state index contributed by atoms with van der Waals surface area (Å²) in [7, 11) is 0. The number of hydrogen-bond donors (Lipinski definition) is 2. The van der Waals surface area contributed by atoms with Gasteiger partial charge in [-0.15, -0.1) is 0 Å². The summed E-state index contributed by atoms with van der Waals surface area (Å²) in [4.78, 5) is 33.1. The molecule has 0 radical (unpaired) electrons. The van der Waals surface area contributed by atoms with E-state index in [1.807, 2.05) is 29.2 Å². The zero-order valence-corrected chi connectivity index (χ0v) is 15.1. The number of anilines is 1. The number of carbonyl (C=O) groups excluding carboxylic acids is 1. The third-order valence-corrected chi connectivity index (χ3v) is 4.64. The number of nitrogens with zero attached hydrogens (tertiary/aromatic N) is 3. The van der Waals surface area contributed by atoms with Crippen molar-refractivity contribution < 1.29 is 14.5 Å². The molecule has 0 atom stereocenters. The van der Waals surface area contributed by atoms with Crippen molar-refractivity contribution in [2.45, 2.75) is 6.54 Å². The molecule has 1 amide bonds. The molecule has 1 fully saturated rings. The Morgan fingerprint density at radius 1 is 1.25 bits per heavy atom. The Balaban J connectivity index is 1.57. The SMILES string of the molecule is O=C(NCc1nc2ccccc2[nH]1)c1cc([N+](=O)[O-])ccc1N1CCOCC1. The summed E-state index contributed by atoms with van der Waals surface area (Å²) in [5.74, 6) is 0.235. The van der Waals surface area contributed by atoms with E-state index in [9.17, 15) is 14.9 Å². The Kier molecular flexibility index (Phi) is 4.90. The fraction of sp³-hybridized carbons (Fsp3) is 0.263. The minimum absolute atomic E-state index is 0.120. The summed E-state index contributed by atoms with van der Waals surface area (Å²) in [6.45, 7) is 2.55. The normalized spacial score (nSPS) is 14.2. The van der Waals surface area contributed by atoms with E-state index in [2.05, 4.69) is 15.3 Å². The summed E-state index contributed by atoms with van der Waals surface area (Å²) in [6, 6.07) is 11.9. The summed E-state index contributed by atoms with van der Waals surface area (Å²) in [5, 5.41) is 14.0. The first-order valence-corrected chi connectivity index (χ1v) is 8.95. The quantitative estimate of drug-likeness (QED) is 0.518. The second-order valence-corrected chi connectivity index (χ2v) is 6.44. The van der Waals surface area contributed by atoms with Crippen LogP contribution in [0.5, 0.6) is 0 Å². The van der Waals surface area contributed by atoms with Crippen molar-refractivity contribution in [2.75, 3.05) is 31.2 Å². The lowest BCUT2D eigenvalue weighted by atomic mass is 10.1. The molecule has 4 rings (SSSR count). The van der Waals surface area contributed by atoms with Crippen LogP contribution in [0.1, 0.15) is 16.2 Å². The number of para-hydroxylation sites is 2. The maximum Gasteiger partial charge on any atom is 0.270 e. The number of carbonyl (C=O) groups is 1. The molecule has 9 heteroatoms. The van der Waals surface area contributed by atoms with Gasteiger partial charge < -0.3 is 19.9 Å². The van der Waals surface area contributed by atoms with Gasteiger partial charge in [-0.3, -0.25) is 14.9 Å². The molecular weight excluding hydrogens is 362 g/mol. The van der Waals surface area contributed by atoms with Crippen molar-refractivity contribution in [2.24, 2.45) is 0 Å². The second kappa shape index (κ2) is 7.65. The number of non-ortho nitro benzene ring substituents is 1. The molecular formula is C19H19N5O4. The molecule has 9 nitrogen and oxygen atoms in total. The van der Waals surface area contributed by atoms with Gasteiger partial charge in [-0.25, -0.2) is 4.98 Å². The van der Waals surface area contributed by atoms with E-state index in [4.69, 9.17) is 4.74 Å². The Bertz CT molecular complexity index is 993. The summed E-state index contributed by atoms with van der Waals surface area (Å²) in [5.41, 5.74) is 2.52. The Morgan fingerprint density at radius 2 is 2.04 bits per heavy atom. The molecule has 1 saturated heterocycles. The first-order chi connectivity index (χ1) is 13.6. The van der Waals surface area contributed by atoms with E-state index in [0.717, 1.165) is 11.0 Å². The highest BCUT2D eigenvalue weighted by Gasteiger charge is 2.22. The highest BCUT2D eigenvalue weighted by molar-refractivity contribution is 6.00. The van der Waals surface area contributed by atoms with Crippen LogP contribution in [0.3, 0.4) is 0 Å². The first kappa shape index (κ1) is 17.9. The molecule has 0 aliphatic carbocycles. The predicted octanol–water partition coefficient (Wildman–Crippen LogP) is 2.24.